The van der Waals surface area contributed by atoms with Gasteiger partial charge in [-0.25, -0.2) is 4.68 Å². The Kier molecular flexibility index (Phi) is 4.55. The minimum absolute atomic E-state index is 0.0846. The van der Waals surface area contributed by atoms with Crippen molar-refractivity contribution in [2.24, 2.45) is 12.8 Å². The topological polar surface area (TPSA) is 91.3 Å². The van der Waals surface area contributed by atoms with Gasteiger partial charge in [-0.1, -0.05) is 18.2 Å². The maximum Gasteiger partial charge on any atom is 0.295 e. The summed E-state index contributed by atoms with van der Waals surface area (Å²) in [4.78, 5) is 25.2. The summed E-state index contributed by atoms with van der Waals surface area (Å²) in [6.07, 6.45) is 0.740. The monoisotopic (exact) mass is 330 g/mol. The van der Waals surface area contributed by atoms with Gasteiger partial charge in [-0.05, 0) is 31.9 Å². The Hall–Kier alpha value is -2.38. The van der Waals surface area contributed by atoms with Crippen molar-refractivity contribution in [2.75, 3.05) is 11.9 Å². The Balaban J connectivity index is 1.87. The molecule has 24 heavy (non-hydrogen) atoms. The summed E-state index contributed by atoms with van der Waals surface area (Å²) in [5.74, 6) is -0.294. The van der Waals surface area contributed by atoms with Gasteiger partial charge < -0.3 is 15.8 Å². The van der Waals surface area contributed by atoms with E-state index in [4.69, 9.17) is 10.5 Å². The van der Waals surface area contributed by atoms with Gasteiger partial charge in [0.1, 0.15) is 11.8 Å². The highest BCUT2D eigenvalue weighted by Crippen LogP contribution is 2.21. The average Bonchev–Trinajstić information content (AvgIpc) is 3.15. The van der Waals surface area contributed by atoms with Crippen molar-refractivity contribution in [3.8, 4) is 5.69 Å². The Morgan fingerprint density at radius 2 is 2.04 bits per heavy atom. The van der Waals surface area contributed by atoms with Gasteiger partial charge >= 0.3 is 0 Å². The molecule has 128 valence electrons. The predicted molar refractivity (Wildman–Crippen MR) is 91.3 cm³/mol. The molecular formula is C17H22N4O3. The van der Waals surface area contributed by atoms with Crippen LogP contribution in [0, 0.1) is 6.92 Å². The fourth-order valence-electron chi connectivity index (χ4n) is 2.99. The second-order valence-corrected chi connectivity index (χ2v) is 5.99. The van der Waals surface area contributed by atoms with Crippen LogP contribution in [0.25, 0.3) is 5.69 Å². The normalized spacial score (nSPS) is 20.3. The molecule has 0 aliphatic carbocycles. The van der Waals surface area contributed by atoms with Crippen molar-refractivity contribution in [1.82, 2.24) is 9.36 Å². The van der Waals surface area contributed by atoms with Crippen molar-refractivity contribution >= 4 is 11.6 Å². The molecule has 2 aromatic rings. The average molecular weight is 330 g/mol. The van der Waals surface area contributed by atoms with Crippen LogP contribution in [0.1, 0.15) is 18.5 Å². The smallest absolute Gasteiger partial charge is 0.295 e. The molecule has 1 saturated heterocycles. The summed E-state index contributed by atoms with van der Waals surface area (Å²) in [5.41, 5.74) is 7.02. The Morgan fingerprint density at radius 3 is 2.67 bits per heavy atom. The third-order valence-corrected chi connectivity index (χ3v) is 4.47. The first-order chi connectivity index (χ1) is 11.5. The molecule has 0 spiro atoms. The van der Waals surface area contributed by atoms with E-state index in [1.165, 1.54) is 4.68 Å². The summed E-state index contributed by atoms with van der Waals surface area (Å²) >= 11 is 0. The van der Waals surface area contributed by atoms with Gasteiger partial charge in [-0.2, -0.15) is 0 Å². The first-order valence-corrected chi connectivity index (χ1v) is 8.03. The van der Waals surface area contributed by atoms with Crippen LogP contribution in [-0.2, 0) is 16.6 Å². The second-order valence-electron chi connectivity index (χ2n) is 5.99. The van der Waals surface area contributed by atoms with E-state index in [1.54, 1.807) is 18.7 Å². The van der Waals surface area contributed by atoms with Crippen molar-refractivity contribution in [1.29, 1.82) is 0 Å². The third kappa shape index (κ3) is 2.88. The molecular weight excluding hydrogens is 308 g/mol. The Bertz CT molecular complexity index is 794. The van der Waals surface area contributed by atoms with Crippen molar-refractivity contribution in [3.63, 3.8) is 0 Å². The van der Waals surface area contributed by atoms with Crippen molar-refractivity contribution in [2.45, 2.75) is 32.0 Å². The zero-order valence-electron chi connectivity index (χ0n) is 13.9. The van der Waals surface area contributed by atoms with E-state index in [0.717, 1.165) is 12.1 Å². The van der Waals surface area contributed by atoms with Crippen LogP contribution in [-0.4, -0.2) is 34.0 Å². The number of hydrogen-bond donors (Lipinski definition) is 2. The van der Waals surface area contributed by atoms with Crippen molar-refractivity contribution in [3.05, 3.63) is 46.4 Å². The standard InChI is InChI=1S/C17H22N4O3/c1-11-15(19-16(22)14-9-8-13(10-18)24-14)17(23)21(20(11)2)12-6-4-3-5-7-12/h3-7,13-14H,8-10,18H2,1-2H3,(H,19,22)/t13-,14+/m1/s1. The Morgan fingerprint density at radius 1 is 1.33 bits per heavy atom. The van der Waals surface area contributed by atoms with Crippen LogP contribution < -0.4 is 16.6 Å². The van der Waals surface area contributed by atoms with Crippen LogP contribution in [0.3, 0.4) is 0 Å². The summed E-state index contributed by atoms with van der Waals surface area (Å²) < 4.78 is 8.85. The SMILES string of the molecule is Cc1c(NC(=O)[C@@H]2CC[C@H](CN)O2)c(=O)n(-c2ccccc2)n1C. The first kappa shape index (κ1) is 16.5. The summed E-state index contributed by atoms with van der Waals surface area (Å²) in [6.45, 7) is 2.20. The fourth-order valence-corrected chi connectivity index (χ4v) is 2.99. The quantitative estimate of drug-likeness (QED) is 0.872. The number of anilines is 1. The van der Waals surface area contributed by atoms with Gasteiger partial charge in [0.15, 0.2) is 0 Å². The van der Waals surface area contributed by atoms with Gasteiger partial charge in [0.2, 0.25) is 0 Å². The largest absolute Gasteiger partial charge is 0.364 e. The maximum absolute atomic E-state index is 12.7. The Labute approximate surface area is 140 Å². The van der Waals surface area contributed by atoms with E-state index in [-0.39, 0.29) is 23.3 Å². The molecule has 1 aliphatic rings. The summed E-state index contributed by atoms with van der Waals surface area (Å²) in [5, 5.41) is 2.74. The van der Waals surface area contributed by atoms with Crippen LogP contribution in [0.15, 0.2) is 35.1 Å². The van der Waals surface area contributed by atoms with Gasteiger partial charge in [-0.15, -0.1) is 0 Å². The number of carbonyl (C=O) groups excluding carboxylic acids is 1. The lowest BCUT2D eigenvalue weighted by Gasteiger charge is -2.11. The molecule has 2 atom stereocenters. The lowest BCUT2D eigenvalue weighted by atomic mass is 10.2. The van der Waals surface area contributed by atoms with Gasteiger partial charge in [0.05, 0.1) is 17.5 Å². The molecule has 3 N–H and O–H groups in total. The molecule has 0 radical (unpaired) electrons. The van der Waals surface area contributed by atoms with Crippen LogP contribution in [0.2, 0.25) is 0 Å². The third-order valence-electron chi connectivity index (χ3n) is 4.47. The highest BCUT2D eigenvalue weighted by Gasteiger charge is 2.31. The van der Waals surface area contributed by atoms with E-state index in [0.29, 0.717) is 18.7 Å². The number of para-hydroxylation sites is 1. The number of nitrogens with two attached hydrogens (primary N) is 1. The minimum atomic E-state index is -0.553. The van der Waals surface area contributed by atoms with Gasteiger partial charge in [0, 0.05) is 13.6 Å². The molecule has 7 heteroatoms. The number of aromatic nitrogens is 2. The number of nitrogens with one attached hydrogen (secondary N) is 1. The van der Waals surface area contributed by atoms with Crippen molar-refractivity contribution < 1.29 is 9.53 Å². The lowest BCUT2D eigenvalue weighted by molar-refractivity contribution is -0.126. The highest BCUT2D eigenvalue weighted by atomic mass is 16.5. The molecule has 1 aromatic carbocycles. The number of benzene rings is 1. The van der Waals surface area contributed by atoms with Crippen LogP contribution >= 0.6 is 0 Å². The second kappa shape index (κ2) is 6.62. The number of nitrogens with zero attached hydrogens (tertiary/aromatic N) is 2. The molecule has 1 aliphatic heterocycles. The molecule has 1 amide bonds. The molecule has 0 saturated carbocycles. The molecule has 3 rings (SSSR count). The molecule has 1 fully saturated rings. The fraction of sp³-hybridized carbons (Fsp3) is 0.412. The maximum atomic E-state index is 12.7. The summed E-state index contributed by atoms with van der Waals surface area (Å²) in [7, 11) is 1.79. The van der Waals surface area contributed by atoms with E-state index in [2.05, 4.69) is 5.32 Å². The predicted octanol–water partition coefficient (Wildman–Crippen LogP) is 0.929. The molecule has 1 aromatic heterocycles. The lowest BCUT2D eigenvalue weighted by Crippen LogP contribution is -2.31. The number of amides is 1. The van der Waals surface area contributed by atoms with E-state index < -0.39 is 6.10 Å². The van der Waals surface area contributed by atoms with E-state index >= 15 is 0 Å². The molecule has 0 unspecified atom stereocenters. The number of ether oxygens (including phenoxy) is 1. The minimum Gasteiger partial charge on any atom is -0.364 e. The van der Waals surface area contributed by atoms with E-state index in [9.17, 15) is 9.59 Å². The highest BCUT2D eigenvalue weighted by molar-refractivity contribution is 5.94. The van der Waals surface area contributed by atoms with Gasteiger partial charge in [0.25, 0.3) is 11.5 Å². The number of hydrogen-bond acceptors (Lipinski definition) is 4. The molecule has 2 heterocycles. The zero-order valence-corrected chi connectivity index (χ0v) is 13.9. The number of rotatable bonds is 4. The van der Waals surface area contributed by atoms with E-state index in [1.807, 2.05) is 30.3 Å². The van der Waals surface area contributed by atoms with Crippen LogP contribution in [0.4, 0.5) is 5.69 Å². The molecule has 7 nitrogen and oxygen atoms in total. The van der Waals surface area contributed by atoms with Crippen LogP contribution in [0.5, 0.6) is 0 Å². The number of carbonyl (C=O) groups is 1. The zero-order chi connectivity index (χ0) is 17.3. The first-order valence-electron chi connectivity index (χ1n) is 8.03. The molecule has 0 bridgehead atoms. The van der Waals surface area contributed by atoms with Gasteiger partial charge in [-0.3, -0.25) is 14.3 Å². The summed E-state index contributed by atoms with van der Waals surface area (Å²) in [6, 6.07) is 9.30.